The number of para-hydroxylation sites is 1. The predicted molar refractivity (Wildman–Crippen MR) is 120 cm³/mol. The average Bonchev–Trinajstić information content (AvgIpc) is 2.90. The molecule has 2 aliphatic heterocycles. The molecule has 1 unspecified atom stereocenters. The van der Waals surface area contributed by atoms with Crippen LogP contribution in [0.3, 0.4) is 0 Å². The Kier molecular flexibility index (Phi) is 5.55. The van der Waals surface area contributed by atoms with Gasteiger partial charge in [0.15, 0.2) is 0 Å². The number of anilines is 1. The smallest absolute Gasteiger partial charge is 0.0597 e. The molecule has 4 rings (SSSR count). The van der Waals surface area contributed by atoms with Crippen LogP contribution in [0.4, 0.5) is 5.69 Å². The molecule has 2 heterocycles. The topological polar surface area (TPSA) is 15.7 Å². The molecule has 1 aromatic rings. The van der Waals surface area contributed by atoms with E-state index >= 15 is 0 Å². The van der Waals surface area contributed by atoms with Crippen molar-refractivity contribution in [3.8, 4) is 0 Å². The Morgan fingerprint density at radius 2 is 1.78 bits per heavy atom. The van der Waals surface area contributed by atoms with Crippen LogP contribution in [0.2, 0.25) is 0 Å². The molecule has 2 fully saturated rings. The molecule has 1 aliphatic carbocycles. The summed E-state index contributed by atoms with van der Waals surface area (Å²) < 4.78 is 8.30. The van der Waals surface area contributed by atoms with Gasteiger partial charge >= 0.3 is 0 Å². The highest BCUT2D eigenvalue weighted by atomic mass is 32.4. The maximum Gasteiger partial charge on any atom is 0.0597 e. The van der Waals surface area contributed by atoms with E-state index in [1.807, 2.05) is 0 Å². The minimum atomic E-state index is -1.78. The zero-order chi connectivity index (χ0) is 19.1. The van der Waals surface area contributed by atoms with Gasteiger partial charge in [0.05, 0.1) is 13.2 Å². The number of fused-ring (bicyclic) bond motifs is 1. The van der Waals surface area contributed by atoms with Crippen LogP contribution in [0.15, 0.2) is 35.8 Å². The van der Waals surface area contributed by atoms with Crippen molar-refractivity contribution in [2.45, 2.75) is 57.0 Å². The van der Waals surface area contributed by atoms with Gasteiger partial charge in [-0.1, -0.05) is 63.1 Å². The molecular formula is C22H33N2OPS. The minimum Gasteiger partial charge on any atom is -0.379 e. The number of likely N-dealkylation sites (N-methyl/N-ethyl adjacent to an activating group) is 1. The fourth-order valence-electron chi connectivity index (χ4n) is 5.14. The van der Waals surface area contributed by atoms with E-state index in [9.17, 15) is 0 Å². The lowest BCUT2D eigenvalue weighted by Gasteiger charge is -2.43. The first-order valence-electron chi connectivity index (χ1n) is 10.4. The van der Waals surface area contributed by atoms with E-state index in [0.717, 1.165) is 26.3 Å². The fourth-order valence-corrected chi connectivity index (χ4v) is 10.1. The van der Waals surface area contributed by atoms with Crippen LogP contribution in [0.5, 0.6) is 0 Å². The number of nitrogens with zero attached hydrogens (tertiary/aromatic N) is 2. The lowest BCUT2D eigenvalue weighted by molar-refractivity contribution is 0.0744. The molecule has 148 valence electrons. The Morgan fingerprint density at radius 3 is 2.44 bits per heavy atom. The number of hydrogen-bond donors (Lipinski definition) is 0. The van der Waals surface area contributed by atoms with E-state index in [0.29, 0.717) is 5.66 Å². The van der Waals surface area contributed by atoms with Crippen LogP contribution in [0, 0.1) is 0 Å². The van der Waals surface area contributed by atoms with Gasteiger partial charge in [-0.2, -0.15) is 0 Å². The molecule has 5 heteroatoms. The van der Waals surface area contributed by atoms with Crippen molar-refractivity contribution < 1.29 is 4.74 Å². The quantitative estimate of drug-likeness (QED) is 0.634. The molecular weight excluding hydrogens is 371 g/mol. The standard InChI is InChI=1S/C22H33N2OPS/c1-22(2)19-11-7-8-12-20(19)23(3)21(22)17-26(27,18-9-5-4-6-10-18)24-13-15-25-16-14-24/h7-8,11-12,17-18H,4-6,9-10,13-16H2,1-3H3/b21-17+. The summed E-state index contributed by atoms with van der Waals surface area (Å²) in [7, 11) is 2.22. The Labute approximate surface area is 169 Å². The number of hydrogen-bond acceptors (Lipinski definition) is 3. The van der Waals surface area contributed by atoms with Gasteiger partial charge in [0.2, 0.25) is 0 Å². The molecule has 0 spiro atoms. The highest BCUT2D eigenvalue weighted by Gasteiger charge is 2.42. The number of rotatable bonds is 3. The molecule has 0 bridgehead atoms. The number of allylic oxidation sites excluding steroid dienone is 1. The van der Waals surface area contributed by atoms with E-state index in [4.69, 9.17) is 16.5 Å². The van der Waals surface area contributed by atoms with Crippen LogP contribution in [-0.2, 0) is 22.0 Å². The molecule has 3 nitrogen and oxygen atoms in total. The summed E-state index contributed by atoms with van der Waals surface area (Å²) in [5, 5.41) is 0. The van der Waals surface area contributed by atoms with Gasteiger partial charge in [-0.25, -0.2) is 0 Å². The first-order chi connectivity index (χ1) is 12.9. The van der Waals surface area contributed by atoms with Crippen molar-refractivity contribution >= 4 is 23.7 Å². The normalized spacial score (nSPS) is 27.5. The Morgan fingerprint density at radius 1 is 1.11 bits per heavy atom. The van der Waals surface area contributed by atoms with Gasteiger partial charge in [-0.15, -0.1) is 0 Å². The molecule has 1 saturated carbocycles. The lowest BCUT2D eigenvalue weighted by Crippen LogP contribution is -2.37. The molecule has 1 aromatic carbocycles. The van der Waals surface area contributed by atoms with Gasteiger partial charge in [-0.05, 0) is 30.3 Å². The lowest BCUT2D eigenvalue weighted by atomic mass is 9.84. The van der Waals surface area contributed by atoms with Crippen molar-refractivity contribution in [2.24, 2.45) is 0 Å². The second-order valence-electron chi connectivity index (χ2n) is 8.75. The van der Waals surface area contributed by atoms with Crippen molar-refractivity contribution in [1.82, 2.24) is 4.67 Å². The first kappa shape index (κ1) is 19.6. The Bertz CT molecular complexity index is 741. The van der Waals surface area contributed by atoms with Crippen molar-refractivity contribution in [1.29, 1.82) is 0 Å². The van der Waals surface area contributed by atoms with Crippen LogP contribution in [0.1, 0.15) is 51.5 Å². The van der Waals surface area contributed by atoms with Crippen LogP contribution >= 0.6 is 6.19 Å². The second kappa shape index (κ2) is 7.63. The molecule has 0 aromatic heterocycles. The maximum absolute atomic E-state index is 6.62. The third-order valence-electron chi connectivity index (χ3n) is 6.78. The van der Waals surface area contributed by atoms with E-state index in [1.54, 1.807) is 0 Å². The van der Waals surface area contributed by atoms with Crippen LogP contribution in [0.25, 0.3) is 0 Å². The summed E-state index contributed by atoms with van der Waals surface area (Å²) in [5.74, 6) is 2.57. The molecule has 3 aliphatic rings. The zero-order valence-corrected chi connectivity index (χ0v) is 18.7. The summed E-state index contributed by atoms with van der Waals surface area (Å²) in [4.78, 5) is 2.40. The zero-order valence-electron chi connectivity index (χ0n) is 17.0. The summed E-state index contributed by atoms with van der Waals surface area (Å²) in [6.07, 6.45) is 4.88. The summed E-state index contributed by atoms with van der Waals surface area (Å²) in [6, 6.07) is 8.84. The van der Waals surface area contributed by atoms with Gasteiger partial charge in [0.1, 0.15) is 0 Å². The van der Waals surface area contributed by atoms with Crippen molar-refractivity contribution in [3.63, 3.8) is 0 Å². The summed E-state index contributed by atoms with van der Waals surface area (Å²) >= 11 is 6.62. The number of morpholine rings is 1. The van der Waals surface area contributed by atoms with E-state index in [1.165, 1.54) is 49.1 Å². The number of benzene rings is 1. The minimum absolute atomic E-state index is 0.0103. The third kappa shape index (κ3) is 3.44. The van der Waals surface area contributed by atoms with Gasteiger partial charge in [0.25, 0.3) is 0 Å². The van der Waals surface area contributed by atoms with E-state index in [-0.39, 0.29) is 5.41 Å². The summed E-state index contributed by atoms with van der Waals surface area (Å²) in [6.45, 7) is 8.37. The van der Waals surface area contributed by atoms with Crippen LogP contribution < -0.4 is 4.90 Å². The van der Waals surface area contributed by atoms with Gasteiger partial charge in [0, 0.05) is 48.8 Å². The van der Waals surface area contributed by atoms with Crippen molar-refractivity contribution in [2.75, 3.05) is 38.3 Å². The van der Waals surface area contributed by atoms with E-state index < -0.39 is 6.19 Å². The maximum atomic E-state index is 6.62. The number of ether oxygens (including phenoxy) is 1. The molecule has 0 radical (unpaired) electrons. The largest absolute Gasteiger partial charge is 0.379 e. The second-order valence-corrected chi connectivity index (χ2v) is 13.4. The van der Waals surface area contributed by atoms with Gasteiger partial charge < -0.3 is 9.64 Å². The first-order valence-corrected chi connectivity index (χ1v) is 13.3. The fraction of sp³-hybridized carbons (Fsp3) is 0.636. The Hall–Kier alpha value is -0.670. The van der Waals surface area contributed by atoms with Crippen LogP contribution in [-0.4, -0.2) is 43.7 Å². The Balaban J connectivity index is 1.78. The predicted octanol–water partition coefficient (Wildman–Crippen LogP) is 5.31. The third-order valence-corrected chi connectivity index (χ3v) is 12.1. The highest BCUT2D eigenvalue weighted by Crippen LogP contribution is 2.63. The SMILES string of the molecule is CN1/C(=C/P(=S)(C2CCCCC2)N2CCOCC2)C(C)(C)c2ccccc21. The molecule has 1 atom stereocenters. The highest BCUT2D eigenvalue weighted by molar-refractivity contribution is 8.15. The van der Waals surface area contributed by atoms with Crippen molar-refractivity contribution in [3.05, 3.63) is 41.3 Å². The monoisotopic (exact) mass is 404 g/mol. The van der Waals surface area contributed by atoms with E-state index in [2.05, 4.69) is 60.5 Å². The van der Waals surface area contributed by atoms with Gasteiger partial charge in [-0.3, -0.25) is 4.67 Å². The average molecular weight is 405 g/mol. The molecule has 27 heavy (non-hydrogen) atoms. The molecule has 0 amide bonds. The molecule has 1 saturated heterocycles. The summed E-state index contributed by atoms with van der Waals surface area (Å²) in [5.41, 5.74) is 4.84. The molecule has 0 N–H and O–H groups in total.